The fourth-order valence-corrected chi connectivity index (χ4v) is 4.48. The van der Waals surface area contributed by atoms with Crippen LogP contribution < -0.4 is 9.47 Å². The summed E-state index contributed by atoms with van der Waals surface area (Å²) in [6.07, 6.45) is 10.2. The second-order valence-corrected chi connectivity index (χ2v) is 8.85. The van der Waals surface area contributed by atoms with Crippen LogP contribution in [0.1, 0.15) is 75.8 Å². The second-order valence-electron chi connectivity index (χ2n) is 8.85. The molecule has 34 heavy (non-hydrogen) atoms. The highest BCUT2D eigenvalue weighted by atomic mass is 19.2. The molecule has 3 rings (SSSR count). The maximum absolute atomic E-state index is 14.7. The first kappa shape index (κ1) is 26.1. The molecule has 186 valence electrons. The predicted octanol–water partition coefficient (Wildman–Crippen LogP) is 8.28. The Morgan fingerprint density at radius 2 is 1.50 bits per heavy atom. The second kappa shape index (κ2) is 12.8. The molecular formula is C28H34F4O2. The third-order valence-electron chi connectivity index (χ3n) is 6.46. The molecule has 0 radical (unpaired) electrons. The average Bonchev–Trinajstić information content (AvgIpc) is 2.84. The van der Waals surface area contributed by atoms with Gasteiger partial charge in [0.15, 0.2) is 23.1 Å². The fraction of sp³-hybridized carbons (Fsp3) is 0.500. The molecular weight excluding hydrogens is 444 g/mol. The van der Waals surface area contributed by atoms with E-state index in [1.165, 1.54) is 12.1 Å². The lowest BCUT2D eigenvalue weighted by Crippen LogP contribution is -2.14. The van der Waals surface area contributed by atoms with Crippen LogP contribution in [0.15, 0.2) is 36.4 Å². The van der Waals surface area contributed by atoms with Gasteiger partial charge in [0.1, 0.15) is 0 Å². The van der Waals surface area contributed by atoms with Crippen molar-refractivity contribution in [3.8, 4) is 11.5 Å². The van der Waals surface area contributed by atoms with Gasteiger partial charge in [0.05, 0.1) is 13.2 Å². The molecule has 0 aliphatic heterocycles. The van der Waals surface area contributed by atoms with E-state index >= 15 is 0 Å². The van der Waals surface area contributed by atoms with Crippen LogP contribution >= 0.6 is 0 Å². The van der Waals surface area contributed by atoms with Crippen molar-refractivity contribution in [3.05, 3.63) is 70.8 Å². The quantitative estimate of drug-likeness (QED) is 0.184. The molecule has 0 amide bonds. The van der Waals surface area contributed by atoms with E-state index in [1.807, 2.05) is 13.0 Å². The predicted molar refractivity (Wildman–Crippen MR) is 126 cm³/mol. The smallest absolute Gasteiger partial charge is 0.200 e. The molecule has 1 aliphatic rings. The number of benzene rings is 2. The Morgan fingerprint density at radius 3 is 2.21 bits per heavy atom. The molecule has 2 nitrogen and oxygen atoms in total. The molecule has 2 aromatic rings. The molecule has 0 N–H and O–H groups in total. The summed E-state index contributed by atoms with van der Waals surface area (Å²) in [5.74, 6) is -3.22. The minimum absolute atomic E-state index is 0.00947. The third-order valence-corrected chi connectivity index (χ3v) is 6.46. The number of ether oxygens (including phenoxy) is 2. The SMILES string of the molecule is CCCCOc1ccc([C@H]2CC[C@H](C=CCCc3ccc(OCC)c(F)c3F)CC2)c(F)c1F. The van der Waals surface area contributed by atoms with Crippen LogP contribution in [0.4, 0.5) is 17.6 Å². The zero-order valence-electron chi connectivity index (χ0n) is 20.0. The number of rotatable bonds is 11. The normalized spacial score (nSPS) is 18.4. The zero-order chi connectivity index (χ0) is 24.5. The van der Waals surface area contributed by atoms with Crippen LogP contribution in [0, 0.1) is 29.2 Å². The number of hydrogen-bond donors (Lipinski definition) is 0. The maximum Gasteiger partial charge on any atom is 0.200 e. The Bertz CT molecular complexity index is 965. The van der Waals surface area contributed by atoms with Crippen molar-refractivity contribution in [2.45, 2.75) is 71.1 Å². The van der Waals surface area contributed by atoms with Crippen molar-refractivity contribution >= 4 is 0 Å². The van der Waals surface area contributed by atoms with Crippen molar-refractivity contribution in [2.24, 2.45) is 5.92 Å². The largest absolute Gasteiger partial charge is 0.491 e. The van der Waals surface area contributed by atoms with Gasteiger partial charge >= 0.3 is 0 Å². The van der Waals surface area contributed by atoms with Crippen molar-refractivity contribution in [2.75, 3.05) is 13.2 Å². The van der Waals surface area contributed by atoms with Gasteiger partial charge in [-0.15, -0.1) is 0 Å². The van der Waals surface area contributed by atoms with E-state index in [4.69, 9.17) is 9.47 Å². The molecule has 1 aliphatic carbocycles. The van der Waals surface area contributed by atoms with Gasteiger partial charge in [0.2, 0.25) is 11.6 Å². The average molecular weight is 479 g/mol. The van der Waals surface area contributed by atoms with Gasteiger partial charge in [-0.25, -0.2) is 8.78 Å². The van der Waals surface area contributed by atoms with E-state index in [2.05, 4.69) is 6.08 Å². The zero-order valence-corrected chi connectivity index (χ0v) is 20.0. The van der Waals surface area contributed by atoms with E-state index in [9.17, 15) is 17.6 Å². The number of unbranched alkanes of at least 4 members (excludes halogenated alkanes) is 1. The van der Waals surface area contributed by atoms with E-state index in [1.54, 1.807) is 19.1 Å². The Kier molecular flexibility index (Phi) is 9.85. The van der Waals surface area contributed by atoms with Crippen LogP contribution in [-0.2, 0) is 6.42 Å². The lowest BCUT2D eigenvalue weighted by molar-refractivity contribution is 0.286. The Hall–Kier alpha value is -2.50. The van der Waals surface area contributed by atoms with E-state index in [0.29, 0.717) is 36.5 Å². The van der Waals surface area contributed by atoms with Crippen molar-refractivity contribution in [1.82, 2.24) is 0 Å². The summed E-state index contributed by atoms with van der Waals surface area (Å²) in [5.41, 5.74) is 0.754. The molecule has 0 aromatic heterocycles. The minimum atomic E-state index is -0.939. The first-order valence-corrected chi connectivity index (χ1v) is 12.3. The van der Waals surface area contributed by atoms with Crippen LogP contribution in [0.3, 0.4) is 0 Å². The van der Waals surface area contributed by atoms with Gasteiger partial charge in [-0.3, -0.25) is 0 Å². The van der Waals surface area contributed by atoms with Crippen molar-refractivity contribution in [1.29, 1.82) is 0 Å². The summed E-state index contributed by atoms with van der Waals surface area (Å²) in [4.78, 5) is 0. The molecule has 1 saturated carbocycles. The monoisotopic (exact) mass is 478 g/mol. The summed E-state index contributed by atoms with van der Waals surface area (Å²) in [6.45, 7) is 4.39. The highest BCUT2D eigenvalue weighted by Crippen LogP contribution is 2.39. The fourth-order valence-electron chi connectivity index (χ4n) is 4.48. The Morgan fingerprint density at radius 1 is 0.824 bits per heavy atom. The Labute approximate surface area is 200 Å². The number of aryl methyl sites for hydroxylation is 1. The summed E-state index contributed by atoms with van der Waals surface area (Å²) in [5, 5.41) is 0. The molecule has 0 saturated heterocycles. The number of allylic oxidation sites excluding steroid dienone is 2. The molecule has 2 aromatic carbocycles. The molecule has 0 spiro atoms. The van der Waals surface area contributed by atoms with Crippen LogP contribution in [0.2, 0.25) is 0 Å². The first-order valence-electron chi connectivity index (χ1n) is 12.3. The molecule has 0 unspecified atom stereocenters. The number of hydrogen-bond acceptors (Lipinski definition) is 2. The molecule has 0 bridgehead atoms. The lowest BCUT2D eigenvalue weighted by atomic mass is 9.78. The van der Waals surface area contributed by atoms with Gasteiger partial charge in [-0.2, -0.15) is 8.78 Å². The van der Waals surface area contributed by atoms with Gasteiger partial charge < -0.3 is 9.47 Å². The highest BCUT2D eigenvalue weighted by Gasteiger charge is 2.26. The molecule has 0 heterocycles. The molecule has 1 fully saturated rings. The van der Waals surface area contributed by atoms with Gasteiger partial charge in [0.25, 0.3) is 0 Å². The standard InChI is InChI=1S/C28H34F4O2/c1-3-5-18-34-24-17-15-22(26(30)28(24)32)20-12-10-19(11-13-20)8-6-7-9-21-14-16-23(33-4-2)27(31)25(21)29/h6,8,14-17,19-20H,3-5,7,9-13,18H2,1-2H3/t19-,20-. The maximum atomic E-state index is 14.7. The van der Waals surface area contributed by atoms with E-state index < -0.39 is 23.3 Å². The summed E-state index contributed by atoms with van der Waals surface area (Å²) in [6, 6.07) is 6.23. The minimum Gasteiger partial charge on any atom is -0.491 e. The van der Waals surface area contributed by atoms with Crippen LogP contribution in [-0.4, -0.2) is 13.2 Å². The van der Waals surface area contributed by atoms with Crippen LogP contribution in [0.25, 0.3) is 0 Å². The third kappa shape index (κ3) is 6.55. The lowest BCUT2D eigenvalue weighted by Gasteiger charge is -2.27. The first-order chi connectivity index (χ1) is 16.5. The van der Waals surface area contributed by atoms with Crippen LogP contribution in [0.5, 0.6) is 11.5 Å². The van der Waals surface area contributed by atoms with E-state index in [-0.39, 0.29) is 24.0 Å². The Balaban J connectivity index is 1.49. The van der Waals surface area contributed by atoms with E-state index in [0.717, 1.165) is 38.5 Å². The summed E-state index contributed by atoms with van der Waals surface area (Å²) in [7, 11) is 0. The molecule has 6 heteroatoms. The summed E-state index contributed by atoms with van der Waals surface area (Å²) < 4.78 is 67.7. The summed E-state index contributed by atoms with van der Waals surface area (Å²) >= 11 is 0. The van der Waals surface area contributed by atoms with Crippen molar-refractivity contribution in [3.63, 3.8) is 0 Å². The van der Waals surface area contributed by atoms with Gasteiger partial charge in [0, 0.05) is 0 Å². The topological polar surface area (TPSA) is 18.5 Å². The van der Waals surface area contributed by atoms with Gasteiger partial charge in [-0.05, 0) is 87.0 Å². The highest BCUT2D eigenvalue weighted by molar-refractivity contribution is 5.34. The van der Waals surface area contributed by atoms with Gasteiger partial charge in [-0.1, -0.05) is 37.6 Å². The van der Waals surface area contributed by atoms with Crippen molar-refractivity contribution < 1.29 is 27.0 Å². The number of halogens is 4. The molecule has 0 atom stereocenters.